The molecule has 1 N–H and O–H groups in total. The molecule has 0 saturated carbocycles. The van der Waals surface area contributed by atoms with Crippen molar-refractivity contribution < 1.29 is 27.5 Å². The van der Waals surface area contributed by atoms with Crippen LogP contribution in [0.1, 0.15) is 46.9 Å². The van der Waals surface area contributed by atoms with Crippen molar-refractivity contribution in [3.8, 4) is 6.07 Å². The predicted molar refractivity (Wildman–Crippen MR) is 118 cm³/mol. The number of nitrogens with zero attached hydrogens (tertiary/aromatic N) is 2. The standard InChI is InChI=1S/C23H24F3N3O3S/c1-2-32-21(31)14-29(13-15-6-8-16(9-7-15)23(24,25)26)11-10-20(30)28-22-18(12-27)17-4-3-5-19(17)33-22/h6-9H,2-5,10-11,13-14H2,1H3,(H,28,30). The highest BCUT2D eigenvalue weighted by atomic mass is 32.1. The number of hydrogen-bond donors (Lipinski definition) is 1. The van der Waals surface area contributed by atoms with E-state index in [1.807, 2.05) is 0 Å². The van der Waals surface area contributed by atoms with Crippen molar-refractivity contribution in [3.63, 3.8) is 0 Å². The normalized spacial score (nSPS) is 13.0. The number of fused-ring (bicyclic) bond motifs is 1. The maximum atomic E-state index is 12.8. The number of rotatable bonds is 9. The number of benzene rings is 1. The Bertz CT molecular complexity index is 1040. The second-order valence-corrected chi connectivity index (χ2v) is 8.79. The molecule has 0 unspecified atom stereocenters. The second-order valence-electron chi connectivity index (χ2n) is 7.68. The molecule has 0 spiro atoms. The van der Waals surface area contributed by atoms with Crippen LogP contribution in [0.2, 0.25) is 0 Å². The van der Waals surface area contributed by atoms with Gasteiger partial charge in [0.15, 0.2) is 0 Å². The smallest absolute Gasteiger partial charge is 0.416 e. The number of aryl methyl sites for hydroxylation is 1. The fourth-order valence-electron chi connectivity index (χ4n) is 3.72. The van der Waals surface area contributed by atoms with Crippen molar-refractivity contribution in [1.29, 1.82) is 5.26 Å². The zero-order chi connectivity index (χ0) is 24.0. The van der Waals surface area contributed by atoms with Crippen molar-refractivity contribution in [2.24, 2.45) is 0 Å². The largest absolute Gasteiger partial charge is 0.465 e. The van der Waals surface area contributed by atoms with Gasteiger partial charge in [0.1, 0.15) is 11.1 Å². The average Bonchev–Trinajstić information content (AvgIpc) is 3.32. The first-order valence-corrected chi connectivity index (χ1v) is 11.4. The average molecular weight is 480 g/mol. The Balaban J connectivity index is 1.63. The summed E-state index contributed by atoms with van der Waals surface area (Å²) in [6, 6.07) is 6.87. The zero-order valence-electron chi connectivity index (χ0n) is 18.1. The second kappa shape index (κ2) is 10.8. The van der Waals surface area contributed by atoms with Gasteiger partial charge in [-0.15, -0.1) is 11.3 Å². The van der Waals surface area contributed by atoms with E-state index in [1.54, 1.807) is 11.8 Å². The summed E-state index contributed by atoms with van der Waals surface area (Å²) >= 11 is 1.42. The Morgan fingerprint density at radius 2 is 1.97 bits per heavy atom. The van der Waals surface area contributed by atoms with Crippen LogP contribution < -0.4 is 5.32 Å². The molecule has 2 aromatic rings. The third-order valence-electron chi connectivity index (χ3n) is 5.29. The lowest BCUT2D eigenvalue weighted by atomic mass is 10.1. The molecule has 1 aliphatic rings. The number of carbonyl (C=O) groups excluding carboxylic acids is 2. The van der Waals surface area contributed by atoms with Gasteiger partial charge in [-0.2, -0.15) is 18.4 Å². The number of amides is 1. The van der Waals surface area contributed by atoms with E-state index in [4.69, 9.17) is 4.74 Å². The topological polar surface area (TPSA) is 82.4 Å². The minimum absolute atomic E-state index is 0.0491. The number of nitrogens with one attached hydrogen (secondary N) is 1. The highest BCUT2D eigenvalue weighted by molar-refractivity contribution is 7.16. The van der Waals surface area contributed by atoms with Gasteiger partial charge in [0.25, 0.3) is 0 Å². The minimum atomic E-state index is -4.43. The minimum Gasteiger partial charge on any atom is -0.465 e. The Hall–Kier alpha value is -2.90. The van der Waals surface area contributed by atoms with Gasteiger partial charge in [0.2, 0.25) is 5.91 Å². The van der Waals surface area contributed by atoms with Crippen LogP contribution >= 0.6 is 11.3 Å². The summed E-state index contributed by atoms with van der Waals surface area (Å²) in [6.07, 6.45) is -1.62. The number of alkyl halides is 3. The third kappa shape index (κ3) is 6.55. The van der Waals surface area contributed by atoms with Gasteiger partial charge >= 0.3 is 12.1 Å². The van der Waals surface area contributed by atoms with Gasteiger partial charge in [-0.25, -0.2) is 0 Å². The number of carbonyl (C=O) groups is 2. The van der Waals surface area contributed by atoms with E-state index in [0.717, 1.165) is 41.8 Å². The van der Waals surface area contributed by atoms with Crippen LogP contribution in [0.4, 0.5) is 18.2 Å². The van der Waals surface area contributed by atoms with E-state index < -0.39 is 17.7 Å². The maximum absolute atomic E-state index is 12.8. The summed E-state index contributed by atoms with van der Waals surface area (Å²) < 4.78 is 43.4. The predicted octanol–water partition coefficient (Wildman–Crippen LogP) is 4.52. The molecule has 0 fully saturated rings. The fourth-order valence-corrected chi connectivity index (χ4v) is 4.98. The summed E-state index contributed by atoms with van der Waals surface area (Å²) in [4.78, 5) is 27.3. The van der Waals surface area contributed by atoms with E-state index in [2.05, 4.69) is 11.4 Å². The molecular weight excluding hydrogens is 455 g/mol. The Morgan fingerprint density at radius 1 is 1.24 bits per heavy atom. The molecule has 0 bridgehead atoms. The molecule has 0 radical (unpaired) electrons. The number of anilines is 1. The van der Waals surface area contributed by atoms with E-state index in [9.17, 15) is 28.0 Å². The Labute approximate surface area is 194 Å². The maximum Gasteiger partial charge on any atom is 0.416 e. The number of hydrogen-bond acceptors (Lipinski definition) is 6. The third-order valence-corrected chi connectivity index (χ3v) is 6.49. The van der Waals surface area contributed by atoms with Crippen molar-refractivity contribution in [2.45, 2.75) is 45.3 Å². The molecule has 0 aliphatic heterocycles. The highest BCUT2D eigenvalue weighted by Crippen LogP contribution is 2.38. The molecule has 1 heterocycles. The van der Waals surface area contributed by atoms with Gasteiger partial charge in [-0.05, 0) is 49.4 Å². The Morgan fingerprint density at radius 3 is 2.61 bits per heavy atom. The molecule has 1 amide bonds. The molecular formula is C23H24F3N3O3S. The molecule has 10 heteroatoms. The molecule has 1 aliphatic carbocycles. The van der Waals surface area contributed by atoms with Gasteiger partial charge < -0.3 is 10.1 Å². The summed E-state index contributed by atoms with van der Waals surface area (Å²) in [5.74, 6) is -0.779. The van der Waals surface area contributed by atoms with E-state index in [1.165, 1.54) is 23.5 Å². The number of esters is 1. The van der Waals surface area contributed by atoms with Gasteiger partial charge in [-0.1, -0.05) is 12.1 Å². The lowest BCUT2D eigenvalue weighted by Gasteiger charge is -2.21. The molecule has 33 heavy (non-hydrogen) atoms. The van der Waals surface area contributed by atoms with Crippen LogP contribution in [0, 0.1) is 11.3 Å². The molecule has 1 aromatic carbocycles. The first kappa shape index (κ1) is 24.7. The van der Waals surface area contributed by atoms with Gasteiger partial charge in [0.05, 0.1) is 24.3 Å². The molecule has 176 valence electrons. The quantitative estimate of drug-likeness (QED) is 0.535. The number of halogens is 3. The van der Waals surface area contributed by atoms with Crippen molar-refractivity contribution in [1.82, 2.24) is 4.90 Å². The molecule has 1 aromatic heterocycles. The van der Waals surface area contributed by atoms with Crippen LogP contribution in [-0.4, -0.2) is 36.5 Å². The van der Waals surface area contributed by atoms with Crippen molar-refractivity contribution >= 4 is 28.2 Å². The van der Waals surface area contributed by atoms with Crippen LogP contribution in [-0.2, 0) is 39.9 Å². The van der Waals surface area contributed by atoms with E-state index >= 15 is 0 Å². The number of thiophene rings is 1. The van der Waals surface area contributed by atoms with E-state index in [-0.39, 0.29) is 38.6 Å². The number of nitriles is 1. The molecule has 0 saturated heterocycles. The van der Waals surface area contributed by atoms with Crippen LogP contribution in [0.25, 0.3) is 0 Å². The first-order valence-electron chi connectivity index (χ1n) is 10.6. The van der Waals surface area contributed by atoms with Gasteiger partial charge in [-0.3, -0.25) is 14.5 Å². The summed E-state index contributed by atoms with van der Waals surface area (Å²) in [5, 5.41) is 12.8. The Kier molecular flexibility index (Phi) is 8.10. The fraction of sp³-hybridized carbons (Fsp3) is 0.435. The first-order chi connectivity index (χ1) is 15.7. The van der Waals surface area contributed by atoms with E-state index in [0.29, 0.717) is 16.1 Å². The molecule has 0 atom stereocenters. The summed E-state index contributed by atoms with van der Waals surface area (Å²) in [7, 11) is 0. The SMILES string of the molecule is CCOC(=O)CN(CCC(=O)Nc1sc2c(c1C#N)CCC2)Cc1ccc(C(F)(F)F)cc1. The van der Waals surface area contributed by atoms with Gasteiger partial charge in [0, 0.05) is 24.4 Å². The lowest BCUT2D eigenvalue weighted by Crippen LogP contribution is -2.33. The lowest BCUT2D eigenvalue weighted by molar-refractivity contribution is -0.144. The molecule has 6 nitrogen and oxygen atoms in total. The van der Waals surface area contributed by atoms with Crippen LogP contribution in [0.3, 0.4) is 0 Å². The highest BCUT2D eigenvalue weighted by Gasteiger charge is 2.30. The van der Waals surface area contributed by atoms with Crippen LogP contribution in [0.15, 0.2) is 24.3 Å². The number of ether oxygens (including phenoxy) is 1. The molecule has 3 rings (SSSR count). The zero-order valence-corrected chi connectivity index (χ0v) is 18.9. The van der Waals surface area contributed by atoms with Crippen molar-refractivity contribution in [3.05, 3.63) is 51.4 Å². The summed E-state index contributed by atoms with van der Waals surface area (Å²) in [6.45, 7) is 2.16. The summed E-state index contributed by atoms with van der Waals surface area (Å²) in [5.41, 5.74) is 1.37. The van der Waals surface area contributed by atoms with Crippen molar-refractivity contribution in [2.75, 3.05) is 25.0 Å². The van der Waals surface area contributed by atoms with Crippen LogP contribution in [0.5, 0.6) is 0 Å². The monoisotopic (exact) mass is 479 g/mol.